The van der Waals surface area contributed by atoms with Crippen molar-refractivity contribution in [1.82, 2.24) is 0 Å². The highest BCUT2D eigenvalue weighted by Crippen LogP contribution is 2.32. The van der Waals surface area contributed by atoms with E-state index in [0.717, 1.165) is 31.2 Å². The van der Waals surface area contributed by atoms with Gasteiger partial charge in [0, 0.05) is 17.0 Å². The van der Waals surface area contributed by atoms with Gasteiger partial charge in [-0.05, 0) is 30.5 Å². The van der Waals surface area contributed by atoms with Gasteiger partial charge in [0.2, 0.25) is 5.82 Å². The normalized spacial score (nSPS) is 17.7. The van der Waals surface area contributed by atoms with E-state index in [1.54, 1.807) is 18.2 Å². The fourth-order valence-electron chi connectivity index (χ4n) is 4.87. The first-order valence-electron chi connectivity index (χ1n) is 14.6. The van der Waals surface area contributed by atoms with Crippen LogP contribution in [0.4, 0.5) is 8.78 Å². The van der Waals surface area contributed by atoms with E-state index < -0.39 is 17.9 Å². The third-order valence-corrected chi connectivity index (χ3v) is 7.23. The zero-order chi connectivity index (χ0) is 26.3. The second kappa shape index (κ2) is 16.8. The molecule has 3 rings (SSSR count). The molecule has 2 aromatic carbocycles. The zero-order valence-corrected chi connectivity index (χ0v) is 22.9. The molecule has 0 aromatic heterocycles. The van der Waals surface area contributed by atoms with Crippen LogP contribution in [0.1, 0.15) is 109 Å². The predicted octanol–water partition coefficient (Wildman–Crippen LogP) is 9.78. The van der Waals surface area contributed by atoms with E-state index in [9.17, 15) is 8.78 Å². The van der Waals surface area contributed by atoms with E-state index >= 15 is 0 Å². The lowest BCUT2D eigenvalue weighted by Crippen LogP contribution is -2.27. The fraction of sp³-hybridized carbons (Fsp3) is 0.625. The topological polar surface area (TPSA) is 27.7 Å². The highest BCUT2D eigenvalue weighted by Gasteiger charge is 2.23. The molecule has 0 aliphatic carbocycles. The van der Waals surface area contributed by atoms with E-state index in [1.807, 2.05) is 12.1 Å². The highest BCUT2D eigenvalue weighted by molar-refractivity contribution is 5.65. The largest absolute Gasteiger partial charge is 0.490 e. The summed E-state index contributed by atoms with van der Waals surface area (Å²) in [7, 11) is 0. The third kappa shape index (κ3) is 9.68. The summed E-state index contributed by atoms with van der Waals surface area (Å²) in [6.45, 7) is 6.20. The lowest BCUT2D eigenvalue weighted by atomic mass is 10.00. The van der Waals surface area contributed by atoms with Gasteiger partial charge in [0.1, 0.15) is 0 Å². The Morgan fingerprint density at radius 2 is 1.30 bits per heavy atom. The number of halogens is 2. The van der Waals surface area contributed by atoms with E-state index in [0.29, 0.717) is 31.3 Å². The van der Waals surface area contributed by atoms with Crippen molar-refractivity contribution >= 4 is 0 Å². The summed E-state index contributed by atoms with van der Waals surface area (Å²) in [5.41, 5.74) is 1.72. The Morgan fingerprint density at radius 1 is 0.703 bits per heavy atom. The van der Waals surface area contributed by atoms with E-state index in [1.165, 1.54) is 63.9 Å². The number of hydrogen-bond donors (Lipinski definition) is 0. The van der Waals surface area contributed by atoms with Crippen molar-refractivity contribution in [3.05, 3.63) is 53.6 Å². The first-order valence-corrected chi connectivity index (χ1v) is 14.6. The van der Waals surface area contributed by atoms with Crippen LogP contribution in [0.3, 0.4) is 0 Å². The number of benzene rings is 2. The van der Waals surface area contributed by atoms with Gasteiger partial charge in [-0.2, -0.15) is 4.39 Å². The molecule has 1 fully saturated rings. The van der Waals surface area contributed by atoms with Crippen molar-refractivity contribution < 1.29 is 23.0 Å². The smallest absolute Gasteiger partial charge is 0.201 e. The van der Waals surface area contributed by atoms with Crippen LogP contribution in [0, 0.1) is 17.6 Å². The van der Waals surface area contributed by atoms with Crippen LogP contribution < -0.4 is 4.74 Å². The van der Waals surface area contributed by atoms with Gasteiger partial charge in [-0.3, -0.25) is 0 Å². The monoisotopic (exact) mass is 516 g/mol. The Bertz CT molecular complexity index is 892. The molecular formula is C32H46F2O3. The molecule has 37 heavy (non-hydrogen) atoms. The van der Waals surface area contributed by atoms with Crippen LogP contribution in [0.15, 0.2) is 36.4 Å². The van der Waals surface area contributed by atoms with Crippen molar-refractivity contribution in [3.8, 4) is 16.9 Å². The number of unbranched alkanes of at least 4 members (excludes halogenated alkanes) is 10. The van der Waals surface area contributed by atoms with E-state index in [4.69, 9.17) is 14.2 Å². The van der Waals surface area contributed by atoms with Gasteiger partial charge in [0.25, 0.3) is 0 Å². The molecule has 0 unspecified atom stereocenters. The Kier molecular flexibility index (Phi) is 13.4. The molecule has 3 nitrogen and oxygen atoms in total. The fourth-order valence-corrected chi connectivity index (χ4v) is 4.87. The molecule has 0 atom stereocenters. The SMILES string of the molecule is CCCCCCCCCC1COC(c2ccc(-c3ccc(OCCCCCCC)c(F)c3F)cc2)OC1. The molecule has 5 heteroatoms. The van der Waals surface area contributed by atoms with Crippen LogP contribution in [0.25, 0.3) is 11.1 Å². The quantitative estimate of drug-likeness (QED) is 0.196. The third-order valence-electron chi connectivity index (χ3n) is 7.23. The van der Waals surface area contributed by atoms with Crippen LogP contribution in [-0.2, 0) is 9.47 Å². The second-order valence-electron chi connectivity index (χ2n) is 10.4. The van der Waals surface area contributed by atoms with Gasteiger partial charge < -0.3 is 14.2 Å². The number of hydrogen-bond acceptors (Lipinski definition) is 3. The van der Waals surface area contributed by atoms with Gasteiger partial charge >= 0.3 is 0 Å². The van der Waals surface area contributed by atoms with Gasteiger partial charge in [-0.1, -0.05) is 109 Å². The molecule has 2 aromatic rings. The minimum atomic E-state index is -0.930. The minimum absolute atomic E-state index is 0.0246. The molecule has 0 bridgehead atoms. The number of ether oxygens (including phenoxy) is 3. The van der Waals surface area contributed by atoms with Gasteiger partial charge in [-0.25, -0.2) is 4.39 Å². The summed E-state index contributed by atoms with van der Waals surface area (Å²) in [5, 5.41) is 0. The van der Waals surface area contributed by atoms with Crippen molar-refractivity contribution in [1.29, 1.82) is 0 Å². The summed E-state index contributed by atoms with van der Waals surface area (Å²) in [5.74, 6) is -1.39. The summed E-state index contributed by atoms with van der Waals surface area (Å²) in [6, 6.07) is 10.4. The van der Waals surface area contributed by atoms with Crippen LogP contribution in [0.5, 0.6) is 5.75 Å². The first kappa shape index (κ1) is 29.6. The second-order valence-corrected chi connectivity index (χ2v) is 10.4. The molecule has 0 amide bonds. The molecule has 0 N–H and O–H groups in total. The van der Waals surface area contributed by atoms with Crippen LogP contribution in [-0.4, -0.2) is 19.8 Å². The lowest BCUT2D eigenvalue weighted by molar-refractivity contribution is -0.206. The Morgan fingerprint density at radius 3 is 1.95 bits per heavy atom. The maximum Gasteiger partial charge on any atom is 0.201 e. The summed E-state index contributed by atoms with van der Waals surface area (Å²) < 4.78 is 46.9. The Hall–Kier alpha value is -1.98. The van der Waals surface area contributed by atoms with Crippen LogP contribution in [0.2, 0.25) is 0 Å². The highest BCUT2D eigenvalue weighted by atomic mass is 19.2. The standard InChI is InChI=1S/C32H46F2O3/c1-3-5-7-9-10-11-13-15-25-23-36-32(37-24-25)27-18-16-26(17-19-27)28-20-21-29(31(34)30(28)33)35-22-14-12-8-6-4-2/h16-21,25,32H,3-15,22-24H2,1-2H3. The average molecular weight is 517 g/mol. The van der Waals surface area contributed by atoms with Crippen molar-refractivity contribution in [3.63, 3.8) is 0 Å². The Labute approximate surface area is 222 Å². The van der Waals surface area contributed by atoms with Crippen LogP contribution >= 0.6 is 0 Å². The van der Waals surface area contributed by atoms with Crippen molar-refractivity contribution in [2.75, 3.05) is 19.8 Å². The molecule has 1 heterocycles. The van der Waals surface area contributed by atoms with Gasteiger partial charge in [-0.15, -0.1) is 0 Å². The summed E-state index contributed by atoms with van der Waals surface area (Å²) in [6.07, 6.45) is 15.3. The molecule has 0 spiro atoms. The van der Waals surface area contributed by atoms with E-state index in [-0.39, 0.29) is 11.3 Å². The lowest BCUT2D eigenvalue weighted by Gasteiger charge is -2.29. The molecule has 1 aliphatic heterocycles. The zero-order valence-electron chi connectivity index (χ0n) is 22.9. The first-order chi connectivity index (χ1) is 18.1. The summed E-state index contributed by atoms with van der Waals surface area (Å²) in [4.78, 5) is 0. The predicted molar refractivity (Wildman–Crippen MR) is 147 cm³/mol. The average Bonchev–Trinajstić information content (AvgIpc) is 2.93. The van der Waals surface area contributed by atoms with Crippen molar-refractivity contribution in [2.45, 2.75) is 104 Å². The maximum atomic E-state index is 14.8. The summed E-state index contributed by atoms with van der Waals surface area (Å²) >= 11 is 0. The van der Waals surface area contributed by atoms with Gasteiger partial charge in [0.05, 0.1) is 19.8 Å². The van der Waals surface area contributed by atoms with E-state index in [2.05, 4.69) is 13.8 Å². The maximum absolute atomic E-state index is 14.8. The van der Waals surface area contributed by atoms with Gasteiger partial charge in [0.15, 0.2) is 17.9 Å². The molecular weight excluding hydrogens is 470 g/mol. The Balaban J connectivity index is 1.44. The van der Waals surface area contributed by atoms with Crippen molar-refractivity contribution in [2.24, 2.45) is 5.92 Å². The number of rotatable bonds is 17. The molecule has 1 aliphatic rings. The molecule has 0 radical (unpaired) electrons. The molecule has 0 saturated carbocycles. The molecule has 1 saturated heterocycles. The molecule has 206 valence electrons. The minimum Gasteiger partial charge on any atom is -0.490 e.